The first kappa shape index (κ1) is 66.8. The first-order valence-corrected chi connectivity index (χ1v) is 32.5. The summed E-state index contributed by atoms with van der Waals surface area (Å²) in [5, 5.41) is 18.9. The Bertz CT molecular complexity index is 3870. The number of amides is 5. The van der Waals surface area contributed by atoms with Crippen molar-refractivity contribution >= 4 is 90.3 Å². The summed E-state index contributed by atoms with van der Waals surface area (Å²) in [4.78, 5) is 93.6. The minimum absolute atomic E-state index is 0.00738. The summed E-state index contributed by atoms with van der Waals surface area (Å²) in [5.74, 6) is -3.82. The van der Waals surface area contributed by atoms with Gasteiger partial charge in [-0.25, -0.2) is 32.2 Å². The van der Waals surface area contributed by atoms with Crippen LogP contribution in [0.2, 0.25) is 0 Å². The lowest BCUT2D eigenvalue weighted by Gasteiger charge is -2.31. The first-order valence-electron chi connectivity index (χ1n) is 30.1. The average Bonchev–Trinajstić information content (AvgIpc) is 1.65. The number of halogens is 2. The number of aryl methyl sites for hydroxylation is 1. The van der Waals surface area contributed by atoms with Gasteiger partial charge in [0.15, 0.2) is 5.82 Å². The summed E-state index contributed by atoms with van der Waals surface area (Å²) in [7, 11) is -0.804. The number of esters is 1. The lowest BCUT2D eigenvalue weighted by molar-refractivity contribution is -0.141. The standard InChI is InChI=1S/C61H74F2N14O12S2/c1-4-31-91(84,85)73-45-9-5-8-42(56(45)63)58-59(46-13-19-66-61(64)70-46)90-60(71-58)39-16-23-76(24-17-39)53(82)18-25-87-27-29-89-30-28-88-26-20-65-49(78)11-12-52(81)75-21-14-38(15-22-75)57-55-41(43-33-48-40(32-44(43)62)34-69-74(48)2)7-6-10-47(55)77(72-57)37-51(80)67-35-50(79)68-36-54(83)86-3/h5-10,13,19,32-34,38-39,73H,4,11-12,14-18,20-31,35-37H2,1-3H3,(H,65,78)(H,67,80)(H,68,79)(H2,64,66,70). The molecule has 6 N–H and O–H groups in total. The van der Waals surface area contributed by atoms with Crippen LogP contribution in [0, 0.1) is 11.6 Å². The van der Waals surface area contributed by atoms with E-state index in [-0.39, 0.29) is 138 Å². The Balaban J connectivity index is 0.652. The predicted octanol–water partition coefficient (Wildman–Crippen LogP) is 5.04. The van der Waals surface area contributed by atoms with Crippen LogP contribution in [-0.4, -0.2) is 187 Å². The summed E-state index contributed by atoms with van der Waals surface area (Å²) in [5.41, 5.74) is 9.42. The molecule has 2 saturated heterocycles. The number of thiazole rings is 1. The van der Waals surface area contributed by atoms with Crippen molar-refractivity contribution in [1.29, 1.82) is 0 Å². The number of hydrogen-bond donors (Lipinski definition) is 5. The zero-order valence-corrected chi connectivity index (χ0v) is 52.5. The number of nitrogens with zero attached hydrogens (tertiary/aromatic N) is 9. The Hall–Kier alpha value is -8.58. The van der Waals surface area contributed by atoms with Crippen molar-refractivity contribution in [3.05, 3.63) is 89.3 Å². The van der Waals surface area contributed by atoms with E-state index in [1.165, 1.54) is 41.5 Å². The third-order valence-corrected chi connectivity index (χ3v) is 18.4. The number of hydrogen-bond acceptors (Lipinski definition) is 19. The van der Waals surface area contributed by atoms with Gasteiger partial charge < -0.3 is 50.4 Å². The van der Waals surface area contributed by atoms with Crippen molar-refractivity contribution in [3.63, 3.8) is 0 Å². The van der Waals surface area contributed by atoms with Gasteiger partial charge >= 0.3 is 5.97 Å². The van der Waals surface area contributed by atoms with Gasteiger partial charge in [0.2, 0.25) is 45.5 Å². The molecule has 0 aliphatic carbocycles. The van der Waals surface area contributed by atoms with Gasteiger partial charge in [0.05, 0.1) is 115 Å². The van der Waals surface area contributed by atoms with Gasteiger partial charge in [-0.1, -0.05) is 25.1 Å². The fourth-order valence-corrected chi connectivity index (χ4v) is 13.3. The SMILES string of the molecule is CCCS(=O)(=O)Nc1cccc(-c2nc(C3CCN(C(=O)CCOCCOCCOCCNC(=O)CCC(=O)N4CCC(c5nn(CC(=O)NCC(=O)NCC(=O)OC)c6cccc(-c7cc8c(cnn8C)cc7F)c56)CC4)CC3)sc2-c2ccnc(N)n2)c1F. The topological polar surface area (TPSA) is 328 Å². The molecule has 0 saturated carbocycles. The number of carbonyl (C=O) groups excluding carboxylic acids is 6. The molecule has 2 aliphatic rings. The van der Waals surface area contributed by atoms with Gasteiger partial charge in [-0.05, 0) is 74.1 Å². The molecular formula is C61H74F2N14O12S2. The zero-order chi connectivity index (χ0) is 64.6. The zero-order valence-electron chi connectivity index (χ0n) is 50.8. The molecule has 2 fully saturated rings. The molecule has 6 heterocycles. The lowest BCUT2D eigenvalue weighted by atomic mass is 9.88. The maximum Gasteiger partial charge on any atom is 0.325 e. The second-order valence-electron chi connectivity index (χ2n) is 21.9. The number of sulfonamides is 1. The number of likely N-dealkylation sites (tertiary alicyclic amines) is 2. The Labute approximate surface area is 528 Å². The van der Waals surface area contributed by atoms with Crippen LogP contribution in [0.25, 0.3) is 54.8 Å². The fraction of sp³-hybridized carbons (Fsp3) is 0.459. The van der Waals surface area contributed by atoms with E-state index in [4.69, 9.17) is 30.0 Å². The van der Waals surface area contributed by atoms with E-state index in [0.29, 0.717) is 108 Å². The second-order valence-corrected chi connectivity index (χ2v) is 24.8. The first-order chi connectivity index (χ1) is 43.9. The molecule has 91 heavy (non-hydrogen) atoms. The molecule has 5 amide bonds. The summed E-state index contributed by atoms with van der Waals surface area (Å²) in [6.45, 7) is 4.26. The maximum atomic E-state index is 16.1. The predicted molar refractivity (Wildman–Crippen MR) is 335 cm³/mol. The van der Waals surface area contributed by atoms with Crippen LogP contribution in [0.1, 0.15) is 80.8 Å². The minimum atomic E-state index is -3.77. The number of anilines is 2. The molecule has 7 aromatic rings. The molecule has 486 valence electrons. The summed E-state index contributed by atoms with van der Waals surface area (Å²) in [6.07, 6.45) is 5.91. The molecule has 30 heteroatoms. The Morgan fingerprint density at radius 2 is 1.41 bits per heavy atom. The number of aromatic nitrogens is 7. The third-order valence-electron chi connectivity index (χ3n) is 15.6. The van der Waals surface area contributed by atoms with Crippen molar-refractivity contribution in [1.82, 2.24) is 60.3 Å². The van der Waals surface area contributed by atoms with Crippen LogP contribution < -0.4 is 26.4 Å². The van der Waals surface area contributed by atoms with Crippen LogP contribution in [-0.2, 0) is 71.3 Å². The van der Waals surface area contributed by atoms with E-state index in [2.05, 4.69) is 40.5 Å². The lowest BCUT2D eigenvalue weighted by Crippen LogP contribution is -2.40. The van der Waals surface area contributed by atoms with E-state index < -0.39 is 39.4 Å². The van der Waals surface area contributed by atoms with Gasteiger partial charge in [-0.2, -0.15) is 10.2 Å². The number of piperidine rings is 2. The summed E-state index contributed by atoms with van der Waals surface area (Å²) < 4.78 is 84.1. The van der Waals surface area contributed by atoms with E-state index >= 15 is 8.78 Å². The number of ether oxygens (including phenoxy) is 4. The van der Waals surface area contributed by atoms with Gasteiger partial charge in [0.25, 0.3) is 0 Å². The van der Waals surface area contributed by atoms with Crippen molar-refractivity contribution in [2.45, 2.75) is 76.7 Å². The average molecular weight is 1300 g/mol. The van der Waals surface area contributed by atoms with E-state index in [1.54, 1.807) is 77.1 Å². The van der Waals surface area contributed by atoms with Gasteiger partial charge in [-0.3, -0.25) is 42.9 Å². The highest BCUT2D eigenvalue weighted by atomic mass is 32.2. The number of benzene rings is 3. The molecule has 3 aromatic carbocycles. The minimum Gasteiger partial charge on any atom is -0.468 e. The highest BCUT2D eigenvalue weighted by Crippen LogP contribution is 2.44. The molecular weight excluding hydrogens is 1220 g/mol. The number of methoxy groups -OCH3 is 1. The fourth-order valence-electron chi connectivity index (χ4n) is 11.0. The van der Waals surface area contributed by atoms with Gasteiger partial charge in [0, 0.05) is 92.5 Å². The second kappa shape index (κ2) is 31.4. The largest absolute Gasteiger partial charge is 0.468 e. The summed E-state index contributed by atoms with van der Waals surface area (Å²) >= 11 is 1.35. The molecule has 0 bridgehead atoms. The van der Waals surface area contributed by atoms with E-state index in [1.807, 2.05) is 0 Å². The Kier molecular flexibility index (Phi) is 23.1. The molecule has 0 spiro atoms. The van der Waals surface area contributed by atoms with Gasteiger partial charge in [0.1, 0.15) is 18.9 Å². The normalized spacial score (nSPS) is 14.0. The number of rotatable bonds is 30. The van der Waals surface area contributed by atoms with Crippen LogP contribution in [0.4, 0.5) is 20.4 Å². The Morgan fingerprint density at radius 1 is 0.736 bits per heavy atom. The number of nitrogen functional groups attached to an aromatic ring is 1. The smallest absolute Gasteiger partial charge is 0.325 e. The number of nitrogens with two attached hydrogens (primary N) is 1. The highest BCUT2D eigenvalue weighted by molar-refractivity contribution is 7.92. The Morgan fingerprint density at radius 3 is 2.12 bits per heavy atom. The summed E-state index contributed by atoms with van der Waals surface area (Å²) in [6, 6.07) is 14.7. The van der Waals surface area contributed by atoms with E-state index in [0.717, 1.165) is 10.5 Å². The molecule has 2 aliphatic heterocycles. The number of fused-ring (bicyclic) bond motifs is 2. The van der Waals surface area contributed by atoms with Crippen molar-refractivity contribution in [2.75, 3.05) is 109 Å². The quantitative estimate of drug-likeness (QED) is 0.0291. The van der Waals surface area contributed by atoms with E-state index in [9.17, 15) is 37.2 Å². The third kappa shape index (κ3) is 17.5. The molecule has 26 nitrogen and oxygen atoms in total. The molecule has 4 aromatic heterocycles. The molecule has 0 atom stereocenters. The monoisotopic (exact) mass is 1300 g/mol. The maximum absolute atomic E-state index is 16.1. The van der Waals surface area contributed by atoms with Crippen molar-refractivity contribution in [2.24, 2.45) is 7.05 Å². The van der Waals surface area contributed by atoms with Crippen LogP contribution >= 0.6 is 11.3 Å². The molecule has 0 radical (unpaired) electrons. The number of carbonyl (C=O) groups is 6. The highest BCUT2D eigenvalue weighted by Gasteiger charge is 2.32. The molecule has 9 rings (SSSR count). The van der Waals surface area contributed by atoms with Crippen molar-refractivity contribution < 1.29 is 64.9 Å². The van der Waals surface area contributed by atoms with Crippen LogP contribution in [0.5, 0.6) is 0 Å². The van der Waals surface area contributed by atoms with Crippen LogP contribution in [0.15, 0.2) is 67.0 Å². The molecule has 0 unspecified atom stereocenters. The van der Waals surface area contributed by atoms with Crippen molar-refractivity contribution in [3.8, 4) is 33.0 Å². The van der Waals surface area contributed by atoms with Crippen LogP contribution in [0.3, 0.4) is 0 Å². The number of nitrogens with one attached hydrogen (secondary N) is 4. The van der Waals surface area contributed by atoms with Gasteiger partial charge in [-0.15, -0.1) is 11.3 Å².